The molecule has 2 heterocycles. The zero-order chi connectivity index (χ0) is 13.8. The average Bonchev–Trinajstić information content (AvgIpc) is 2.82. The van der Waals surface area contributed by atoms with E-state index in [1.165, 1.54) is 4.88 Å². The highest BCUT2D eigenvalue weighted by Gasteiger charge is 2.13. The normalized spacial score (nSPS) is 10.5. The fourth-order valence-electron chi connectivity index (χ4n) is 2.02. The van der Waals surface area contributed by atoms with Crippen molar-refractivity contribution in [3.63, 3.8) is 0 Å². The molecule has 0 bridgehead atoms. The molecule has 0 aliphatic carbocycles. The van der Waals surface area contributed by atoms with Gasteiger partial charge in [0.05, 0.1) is 6.54 Å². The first kappa shape index (κ1) is 14.3. The van der Waals surface area contributed by atoms with E-state index in [0.717, 1.165) is 34.6 Å². The largest absolute Gasteiger partial charge is 0.373 e. The van der Waals surface area contributed by atoms with Gasteiger partial charge in [-0.25, -0.2) is 9.97 Å². The minimum atomic E-state index is 0.851. The SMILES string of the molecule is CCc1c(NC)ncnc1N(C)Cc1cc(Br)cs1. The lowest BCUT2D eigenvalue weighted by molar-refractivity contribution is 0.882. The van der Waals surface area contributed by atoms with Gasteiger partial charge in [-0.05, 0) is 28.4 Å². The van der Waals surface area contributed by atoms with Gasteiger partial charge in [0.1, 0.15) is 18.0 Å². The van der Waals surface area contributed by atoms with Crippen molar-refractivity contribution in [1.29, 1.82) is 0 Å². The van der Waals surface area contributed by atoms with Gasteiger partial charge in [-0.15, -0.1) is 11.3 Å². The minimum absolute atomic E-state index is 0.851. The lowest BCUT2D eigenvalue weighted by Crippen LogP contribution is -2.19. The van der Waals surface area contributed by atoms with E-state index >= 15 is 0 Å². The van der Waals surface area contributed by atoms with Gasteiger partial charge in [0.15, 0.2) is 0 Å². The Morgan fingerprint density at radius 2 is 2.21 bits per heavy atom. The number of thiophene rings is 1. The second-order valence-corrected chi connectivity index (χ2v) is 6.13. The second kappa shape index (κ2) is 6.34. The van der Waals surface area contributed by atoms with Crippen molar-refractivity contribution in [2.75, 3.05) is 24.3 Å². The van der Waals surface area contributed by atoms with Crippen LogP contribution in [0.4, 0.5) is 11.6 Å². The van der Waals surface area contributed by atoms with Crippen molar-refractivity contribution in [3.8, 4) is 0 Å². The summed E-state index contributed by atoms with van der Waals surface area (Å²) in [5.74, 6) is 1.90. The van der Waals surface area contributed by atoms with Crippen molar-refractivity contribution in [1.82, 2.24) is 9.97 Å². The number of rotatable bonds is 5. The van der Waals surface area contributed by atoms with Crippen LogP contribution >= 0.6 is 27.3 Å². The molecule has 6 heteroatoms. The van der Waals surface area contributed by atoms with Crippen LogP contribution in [0.15, 0.2) is 22.2 Å². The fourth-order valence-corrected chi connectivity index (χ4v) is 3.52. The molecule has 4 nitrogen and oxygen atoms in total. The van der Waals surface area contributed by atoms with E-state index < -0.39 is 0 Å². The van der Waals surface area contributed by atoms with Gasteiger partial charge < -0.3 is 10.2 Å². The maximum Gasteiger partial charge on any atom is 0.137 e. The molecule has 0 amide bonds. The van der Waals surface area contributed by atoms with Crippen LogP contribution in [-0.2, 0) is 13.0 Å². The van der Waals surface area contributed by atoms with Crippen molar-refractivity contribution in [2.24, 2.45) is 0 Å². The van der Waals surface area contributed by atoms with Crippen LogP contribution in [0, 0.1) is 0 Å². The molecule has 2 rings (SSSR count). The predicted octanol–water partition coefficient (Wildman–Crippen LogP) is 3.54. The van der Waals surface area contributed by atoms with E-state index in [2.05, 4.69) is 61.5 Å². The Labute approximate surface area is 126 Å². The molecule has 2 aromatic heterocycles. The van der Waals surface area contributed by atoms with Gasteiger partial charge >= 0.3 is 0 Å². The number of nitrogens with zero attached hydrogens (tertiary/aromatic N) is 3. The zero-order valence-electron chi connectivity index (χ0n) is 11.3. The van der Waals surface area contributed by atoms with Gasteiger partial charge in [0.25, 0.3) is 0 Å². The molecule has 0 aliphatic rings. The van der Waals surface area contributed by atoms with Crippen LogP contribution in [0.2, 0.25) is 0 Å². The first-order valence-electron chi connectivity index (χ1n) is 6.11. The molecule has 102 valence electrons. The molecule has 0 atom stereocenters. The summed E-state index contributed by atoms with van der Waals surface area (Å²) in [7, 11) is 3.95. The van der Waals surface area contributed by atoms with Crippen LogP contribution in [0.3, 0.4) is 0 Å². The van der Waals surface area contributed by atoms with E-state index in [1.807, 2.05) is 7.05 Å². The smallest absolute Gasteiger partial charge is 0.137 e. The molecule has 1 N–H and O–H groups in total. The summed E-state index contributed by atoms with van der Waals surface area (Å²) < 4.78 is 1.13. The molecule has 0 spiro atoms. The molecule has 0 saturated heterocycles. The van der Waals surface area contributed by atoms with E-state index in [9.17, 15) is 0 Å². The number of nitrogens with one attached hydrogen (secondary N) is 1. The fraction of sp³-hybridized carbons (Fsp3) is 0.385. The molecule has 2 aromatic rings. The Morgan fingerprint density at radius 1 is 1.42 bits per heavy atom. The van der Waals surface area contributed by atoms with Gasteiger partial charge in [0.2, 0.25) is 0 Å². The highest BCUT2D eigenvalue weighted by molar-refractivity contribution is 9.10. The third kappa shape index (κ3) is 3.25. The Balaban J connectivity index is 2.25. The summed E-state index contributed by atoms with van der Waals surface area (Å²) in [5, 5.41) is 5.23. The first-order chi connectivity index (χ1) is 9.15. The van der Waals surface area contributed by atoms with Crippen molar-refractivity contribution in [3.05, 3.63) is 32.7 Å². The summed E-state index contributed by atoms with van der Waals surface area (Å²) in [4.78, 5) is 12.2. The van der Waals surface area contributed by atoms with E-state index in [1.54, 1.807) is 17.7 Å². The summed E-state index contributed by atoms with van der Waals surface area (Å²) in [6.45, 7) is 2.97. The van der Waals surface area contributed by atoms with E-state index in [-0.39, 0.29) is 0 Å². The third-order valence-corrected chi connectivity index (χ3v) is 4.57. The topological polar surface area (TPSA) is 41.1 Å². The lowest BCUT2D eigenvalue weighted by atomic mass is 10.2. The highest BCUT2D eigenvalue weighted by Crippen LogP contribution is 2.26. The molecular formula is C13H17BrN4S. The van der Waals surface area contributed by atoms with E-state index in [0.29, 0.717) is 0 Å². The predicted molar refractivity (Wildman–Crippen MR) is 85.1 cm³/mol. The molecule has 0 saturated carbocycles. The summed E-state index contributed by atoms with van der Waals surface area (Å²) >= 11 is 5.23. The highest BCUT2D eigenvalue weighted by atomic mass is 79.9. The van der Waals surface area contributed by atoms with Crippen molar-refractivity contribution in [2.45, 2.75) is 19.9 Å². The number of anilines is 2. The summed E-state index contributed by atoms with van der Waals surface area (Å²) in [6.07, 6.45) is 2.52. The third-order valence-electron chi connectivity index (χ3n) is 2.89. The van der Waals surface area contributed by atoms with Crippen LogP contribution in [0.25, 0.3) is 0 Å². The van der Waals surface area contributed by atoms with Crippen molar-refractivity contribution < 1.29 is 0 Å². The first-order valence-corrected chi connectivity index (χ1v) is 7.78. The molecule has 0 unspecified atom stereocenters. The summed E-state index contributed by atoms with van der Waals surface area (Å²) in [5.41, 5.74) is 1.16. The number of hydrogen-bond donors (Lipinski definition) is 1. The Hall–Kier alpha value is -1.14. The van der Waals surface area contributed by atoms with Crippen molar-refractivity contribution >= 4 is 38.9 Å². The quantitative estimate of drug-likeness (QED) is 0.903. The molecule has 0 aromatic carbocycles. The molecular weight excluding hydrogens is 324 g/mol. The number of halogens is 1. The van der Waals surface area contributed by atoms with Crippen LogP contribution < -0.4 is 10.2 Å². The van der Waals surface area contributed by atoms with Gasteiger partial charge in [-0.2, -0.15) is 0 Å². The van der Waals surface area contributed by atoms with Gasteiger partial charge in [0, 0.05) is 34.4 Å². The molecule has 0 fully saturated rings. The molecule has 0 aliphatic heterocycles. The summed E-state index contributed by atoms with van der Waals surface area (Å²) in [6, 6.07) is 2.15. The Kier molecular flexibility index (Phi) is 4.76. The van der Waals surface area contributed by atoms with Crippen LogP contribution in [0.5, 0.6) is 0 Å². The van der Waals surface area contributed by atoms with Crippen LogP contribution in [0.1, 0.15) is 17.4 Å². The average molecular weight is 341 g/mol. The monoisotopic (exact) mass is 340 g/mol. The maximum absolute atomic E-state index is 4.43. The van der Waals surface area contributed by atoms with E-state index in [4.69, 9.17) is 0 Å². The number of hydrogen-bond acceptors (Lipinski definition) is 5. The molecule has 0 radical (unpaired) electrons. The molecule has 19 heavy (non-hydrogen) atoms. The van der Waals surface area contributed by atoms with Crippen LogP contribution in [-0.4, -0.2) is 24.1 Å². The van der Waals surface area contributed by atoms with Gasteiger partial charge in [-0.3, -0.25) is 0 Å². The minimum Gasteiger partial charge on any atom is -0.373 e. The Morgan fingerprint density at radius 3 is 2.79 bits per heavy atom. The number of aromatic nitrogens is 2. The Bertz CT molecular complexity index is 555. The van der Waals surface area contributed by atoms with Gasteiger partial charge in [-0.1, -0.05) is 6.92 Å². The maximum atomic E-state index is 4.43. The standard InChI is InChI=1S/C13H17BrN4S/c1-4-11-12(15-2)16-8-17-13(11)18(3)6-10-5-9(14)7-19-10/h5,7-8H,4,6H2,1-3H3,(H,15,16,17). The zero-order valence-corrected chi connectivity index (χ0v) is 13.7. The lowest BCUT2D eigenvalue weighted by Gasteiger charge is -2.21. The second-order valence-electron chi connectivity index (χ2n) is 4.22.